The predicted molar refractivity (Wildman–Crippen MR) is 137 cm³/mol. The lowest BCUT2D eigenvalue weighted by atomic mass is 9.80. The van der Waals surface area contributed by atoms with Gasteiger partial charge in [-0.25, -0.2) is 18.4 Å². The molecule has 9 nitrogen and oxygen atoms in total. The summed E-state index contributed by atoms with van der Waals surface area (Å²) in [6.45, 7) is 10.5. The summed E-state index contributed by atoms with van der Waals surface area (Å²) in [4.78, 5) is 12.8. The second kappa shape index (κ2) is 8.85. The van der Waals surface area contributed by atoms with Gasteiger partial charge in [0.1, 0.15) is 0 Å². The third kappa shape index (κ3) is 5.06. The highest BCUT2D eigenvalue weighted by molar-refractivity contribution is 7.89. The molecule has 0 radical (unpaired) electrons. The molecule has 2 aliphatic rings. The van der Waals surface area contributed by atoms with E-state index in [4.69, 9.17) is 9.72 Å². The van der Waals surface area contributed by atoms with E-state index in [9.17, 15) is 8.42 Å². The topological polar surface area (TPSA) is 112 Å². The molecule has 0 amide bonds. The Balaban J connectivity index is 1.40. The molecule has 10 heteroatoms. The second-order valence-electron chi connectivity index (χ2n) is 10.8. The lowest BCUT2D eigenvalue weighted by Gasteiger charge is -2.46. The molecule has 0 unspecified atom stereocenters. The number of ether oxygens (including phenoxy) is 1. The Morgan fingerprint density at radius 2 is 1.80 bits per heavy atom. The number of fused-ring (bicyclic) bond motifs is 1. The van der Waals surface area contributed by atoms with E-state index in [-0.39, 0.29) is 22.0 Å². The van der Waals surface area contributed by atoms with Crippen molar-refractivity contribution in [2.24, 2.45) is 0 Å². The number of piperidine rings is 1. The molecular formula is C25H34N6O3S. The average Bonchev–Trinajstić information content (AvgIpc) is 3.21. The monoisotopic (exact) mass is 498 g/mol. The number of benzene rings is 1. The van der Waals surface area contributed by atoms with Crippen LogP contribution < -0.4 is 10.6 Å². The third-order valence-corrected chi connectivity index (χ3v) is 8.61. The van der Waals surface area contributed by atoms with Crippen molar-refractivity contribution in [2.45, 2.75) is 62.6 Å². The van der Waals surface area contributed by atoms with Crippen molar-refractivity contribution in [3.8, 4) is 11.3 Å². The minimum Gasteiger partial charge on any atom is -0.379 e. The molecule has 0 aliphatic carbocycles. The van der Waals surface area contributed by atoms with Crippen LogP contribution in [0.5, 0.6) is 0 Å². The van der Waals surface area contributed by atoms with Gasteiger partial charge >= 0.3 is 0 Å². The van der Waals surface area contributed by atoms with E-state index in [1.165, 1.54) is 4.31 Å². The summed E-state index contributed by atoms with van der Waals surface area (Å²) in [6.07, 6.45) is 5.58. The minimum atomic E-state index is -3.56. The summed E-state index contributed by atoms with van der Waals surface area (Å²) >= 11 is 0. The number of hydrogen-bond acceptors (Lipinski definition) is 7. The molecule has 0 spiro atoms. The summed E-state index contributed by atoms with van der Waals surface area (Å²) in [5.74, 6) is 0.599. The van der Waals surface area contributed by atoms with Crippen molar-refractivity contribution in [3.05, 3.63) is 36.7 Å². The van der Waals surface area contributed by atoms with E-state index in [0.717, 1.165) is 35.0 Å². The maximum absolute atomic E-state index is 13.1. The van der Waals surface area contributed by atoms with E-state index in [2.05, 4.69) is 48.3 Å². The van der Waals surface area contributed by atoms with Gasteiger partial charge in [-0.2, -0.15) is 4.31 Å². The predicted octanol–water partition coefficient (Wildman–Crippen LogP) is 3.37. The number of rotatable bonds is 5. The fourth-order valence-corrected chi connectivity index (χ4v) is 7.03. The molecule has 3 N–H and O–H groups in total. The van der Waals surface area contributed by atoms with E-state index >= 15 is 0 Å². The van der Waals surface area contributed by atoms with Crippen molar-refractivity contribution >= 4 is 26.9 Å². The highest BCUT2D eigenvalue weighted by atomic mass is 32.2. The zero-order valence-electron chi connectivity index (χ0n) is 20.8. The van der Waals surface area contributed by atoms with Crippen LogP contribution in [-0.2, 0) is 14.8 Å². The van der Waals surface area contributed by atoms with Gasteiger partial charge in [0.25, 0.3) is 0 Å². The fraction of sp³-hybridized carbons (Fsp3) is 0.520. The van der Waals surface area contributed by atoms with Crippen molar-refractivity contribution < 1.29 is 13.2 Å². The molecule has 2 aliphatic heterocycles. The van der Waals surface area contributed by atoms with Crippen LogP contribution in [0.4, 0.5) is 5.95 Å². The number of sulfonamides is 1. The molecule has 2 saturated heterocycles. The number of aromatic amines is 1. The zero-order valence-corrected chi connectivity index (χ0v) is 21.6. The average molecular weight is 499 g/mol. The van der Waals surface area contributed by atoms with E-state index in [1.54, 1.807) is 18.3 Å². The first kappa shape index (κ1) is 24.2. The van der Waals surface area contributed by atoms with Crippen LogP contribution in [0.3, 0.4) is 0 Å². The summed E-state index contributed by atoms with van der Waals surface area (Å²) < 4.78 is 32.9. The van der Waals surface area contributed by atoms with Gasteiger partial charge in [0.15, 0.2) is 0 Å². The highest BCUT2D eigenvalue weighted by Gasteiger charge is 2.38. The van der Waals surface area contributed by atoms with Gasteiger partial charge in [0.05, 0.1) is 23.8 Å². The second-order valence-corrected chi connectivity index (χ2v) is 12.8. The van der Waals surface area contributed by atoms with Crippen LogP contribution in [0.2, 0.25) is 0 Å². The minimum absolute atomic E-state index is 0.0210. The lowest BCUT2D eigenvalue weighted by molar-refractivity contribution is 0.0730. The largest absolute Gasteiger partial charge is 0.379 e. The smallest absolute Gasteiger partial charge is 0.243 e. The Morgan fingerprint density at radius 3 is 2.51 bits per heavy atom. The number of H-pyrrole nitrogens is 1. The van der Waals surface area contributed by atoms with Gasteiger partial charge in [-0.3, -0.25) is 0 Å². The standard InChI is InChI=1S/C25H34N6O3S/c1-24(2)14-17(15-25(3,4)30-24)28-23-26-8-7-21(29-23)20-16-27-22-13-18(5-6-19(20)22)35(32,33)31-9-11-34-12-10-31/h5-8,13,16-17,27,30H,9-12,14-15H2,1-4H3,(H,26,28,29). The maximum Gasteiger partial charge on any atom is 0.243 e. The van der Waals surface area contributed by atoms with Crippen LogP contribution in [0.1, 0.15) is 40.5 Å². The Morgan fingerprint density at radius 1 is 1.09 bits per heavy atom. The Kier molecular flexibility index (Phi) is 6.11. The van der Waals surface area contributed by atoms with Crippen molar-refractivity contribution in [1.29, 1.82) is 0 Å². The van der Waals surface area contributed by atoms with Gasteiger partial charge in [0, 0.05) is 59.1 Å². The van der Waals surface area contributed by atoms with E-state index < -0.39 is 10.0 Å². The molecule has 5 rings (SSSR count). The molecule has 3 aromatic rings. The summed E-state index contributed by atoms with van der Waals surface area (Å²) in [7, 11) is -3.56. The molecule has 0 bridgehead atoms. The normalized spacial score (nSPS) is 21.3. The quantitative estimate of drug-likeness (QED) is 0.494. The molecule has 35 heavy (non-hydrogen) atoms. The first-order valence-corrected chi connectivity index (χ1v) is 13.5. The molecular weight excluding hydrogens is 464 g/mol. The molecule has 0 atom stereocenters. The molecule has 2 aromatic heterocycles. The highest BCUT2D eigenvalue weighted by Crippen LogP contribution is 2.32. The van der Waals surface area contributed by atoms with Crippen LogP contribution in [0.25, 0.3) is 22.2 Å². The lowest BCUT2D eigenvalue weighted by Crippen LogP contribution is -2.60. The fourth-order valence-electron chi connectivity index (χ4n) is 5.60. The third-order valence-electron chi connectivity index (χ3n) is 6.72. The van der Waals surface area contributed by atoms with Crippen LogP contribution in [0.15, 0.2) is 41.6 Å². The number of aromatic nitrogens is 3. The molecule has 2 fully saturated rings. The van der Waals surface area contributed by atoms with Gasteiger partial charge < -0.3 is 20.4 Å². The number of hydrogen-bond donors (Lipinski definition) is 3. The molecule has 0 saturated carbocycles. The number of morpholine rings is 1. The summed E-state index contributed by atoms with van der Waals surface area (Å²) in [5.41, 5.74) is 2.49. The molecule has 188 valence electrons. The van der Waals surface area contributed by atoms with Crippen molar-refractivity contribution in [3.63, 3.8) is 0 Å². The first-order valence-electron chi connectivity index (χ1n) is 12.1. The first-order chi connectivity index (χ1) is 16.5. The van der Waals surface area contributed by atoms with E-state index in [0.29, 0.717) is 32.3 Å². The van der Waals surface area contributed by atoms with Crippen LogP contribution >= 0.6 is 0 Å². The number of nitrogens with zero attached hydrogens (tertiary/aromatic N) is 3. The Labute approximate surface area is 206 Å². The summed E-state index contributed by atoms with van der Waals surface area (Å²) in [5, 5.41) is 8.16. The van der Waals surface area contributed by atoms with Gasteiger partial charge in [-0.15, -0.1) is 0 Å². The van der Waals surface area contributed by atoms with Crippen molar-refractivity contribution in [2.75, 3.05) is 31.6 Å². The SMILES string of the molecule is CC1(C)CC(Nc2nccc(-c3c[nH]c4cc(S(=O)(=O)N5CCOCC5)ccc34)n2)CC(C)(C)N1. The summed E-state index contributed by atoms with van der Waals surface area (Å²) in [6, 6.07) is 7.35. The Hall–Kier alpha value is -2.53. The van der Waals surface area contributed by atoms with Crippen LogP contribution in [-0.4, -0.2) is 71.1 Å². The maximum atomic E-state index is 13.1. The van der Waals surface area contributed by atoms with E-state index in [1.807, 2.05) is 18.3 Å². The van der Waals surface area contributed by atoms with Crippen LogP contribution in [0, 0.1) is 0 Å². The van der Waals surface area contributed by atoms with Gasteiger partial charge in [-0.05, 0) is 58.7 Å². The van der Waals surface area contributed by atoms with Gasteiger partial charge in [-0.1, -0.05) is 6.07 Å². The molecule has 4 heterocycles. The zero-order chi connectivity index (χ0) is 24.8. The Bertz CT molecular complexity index is 1310. The molecule has 1 aromatic carbocycles. The van der Waals surface area contributed by atoms with Crippen molar-refractivity contribution in [1.82, 2.24) is 24.6 Å². The number of nitrogens with one attached hydrogen (secondary N) is 3. The van der Waals surface area contributed by atoms with Gasteiger partial charge in [0.2, 0.25) is 16.0 Å². The number of anilines is 1.